The summed E-state index contributed by atoms with van der Waals surface area (Å²) in [7, 11) is 0. The molecule has 2 aromatic rings. The van der Waals surface area contributed by atoms with E-state index < -0.39 is 0 Å². The van der Waals surface area contributed by atoms with Crippen molar-refractivity contribution >= 4 is 0 Å². The van der Waals surface area contributed by atoms with Crippen LogP contribution in [0.25, 0.3) is 0 Å². The maximum atomic E-state index is 5.21. The molecule has 1 N–H and O–H groups in total. The van der Waals surface area contributed by atoms with Gasteiger partial charge in [-0.3, -0.25) is 0 Å². The predicted molar refractivity (Wildman–Crippen MR) is 70.1 cm³/mol. The second-order valence-corrected chi connectivity index (χ2v) is 4.46. The first-order valence-electron chi connectivity index (χ1n) is 6.36. The lowest BCUT2D eigenvalue weighted by molar-refractivity contribution is 0.354. The SMILES string of the molecule is CCC(C)NCc1nc(Cc2ccccc2)no1. The van der Waals surface area contributed by atoms with Crippen molar-refractivity contribution in [2.75, 3.05) is 0 Å². The van der Waals surface area contributed by atoms with Crippen LogP contribution in [0.15, 0.2) is 34.9 Å². The normalized spacial score (nSPS) is 12.6. The van der Waals surface area contributed by atoms with Crippen molar-refractivity contribution in [3.63, 3.8) is 0 Å². The number of rotatable bonds is 6. The minimum atomic E-state index is 0.467. The lowest BCUT2D eigenvalue weighted by Crippen LogP contribution is -2.24. The summed E-state index contributed by atoms with van der Waals surface area (Å²) in [5, 5.41) is 7.32. The van der Waals surface area contributed by atoms with Crippen LogP contribution in [0.5, 0.6) is 0 Å². The summed E-state index contributed by atoms with van der Waals surface area (Å²) in [6.07, 6.45) is 1.80. The first-order chi connectivity index (χ1) is 8.78. The van der Waals surface area contributed by atoms with Crippen molar-refractivity contribution in [1.82, 2.24) is 15.5 Å². The van der Waals surface area contributed by atoms with Crippen LogP contribution in [0, 0.1) is 0 Å². The molecule has 0 aliphatic carbocycles. The minimum Gasteiger partial charge on any atom is -0.338 e. The zero-order valence-electron chi connectivity index (χ0n) is 10.9. The van der Waals surface area contributed by atoms with Gasteiger partial charge in [0.15, 0.2) is 5.82 Å². The van der Waals surface area contributed by atoms with Gasteiger partial charge >= 0.3 is 0 Å². The van der Waals surface area contributed by atoms with Gasteiger partial charge in [0.25, 0.3) is 0 Å². The van der Waals surface area contributed by atoms with E-state index in [4.69, 9.17) is 4.52 Å². The van der Waals surface area contributed by atoms with Gasteiger partial charge in [0.1, 0.15) is 0 Å². The summed E-state index contributed by atoms with van der Waals surface area (Å²) >= 11 is 0. The van der Waals surface area contributed by atoms with Gasteiger partial charge in [-0.1, -0.05) is 42.4 Å². The van der Waals surface area contributed by atoms with E-state index in [1.165, 1.54) is 5.56 Å². The maximum Gasteiger partial charge on any atom is 0.240 e. The summed E-state index contributed by atoms with van der Waals surface area (Å²) in [6.45, 7) is 4.92. The standard InChI is InChI=1S/C14H19N3O/c1-3-11(2)15-10-14-16-13(17-18-14)9-12-7-5-4-6-8-12/h4-8,11,15H,3,9-10H2,1-2H3. The third kappa shape index (κ3) is 3.67. The van der Waals surface area contributed by atoms with Crippen molar-refractivity contribution in [2.45, 2.75) is 39.3 Å². The number of nitrogens with zero attached hydrogens (tertiary/aromatic N) is 2. The fraction of sp³-hybridized carbons (Fsp3) is 0.429. The third-order valence-electron chi connectivity index (χ3n) is 2.93. The highest BCUT2D eigenvalue weighted by Crippen LogP contribution is 2.06. The summed E-state index contributed by atoms with van der Waals surface area (Å²) in [5.74, 6) is 1.39. The molecule has 0 amide bonds. The second-order valence-electron chi connectivity index (χ2n) is 4.46. The van der Waals surface area contributed by atoms with Gasteiger partial charge in [-0.2, -0.15) is 4.98 Å². The average Bonchev–Trinajstić information content (AvgIpc) is 2.85. The number of aromatic nitrogens is 2. The number of nitrogens with one attached hydrogen (secondary N) is 1. The van der Waals surface area contributed by atoms with Crippen LogP contribution in [0.1, 0.15) is 37.5 Å². The molecule has 96 valence electrons. The molecule has 0 saturated carbocycles. The fourth-order valence-corrected chi connectivity index (χ4v) is 1.62. The van der Waals surface area contributed by atoms with Gasteiger partial charge in [-0.25, -0.2) is 0 Å². The van der Waals surface area contributed by atoms with Gasteiger partial charge in [0.05, 0.1) is 6.54 Å². The molecule has 0 saturated heterocycles. The molecule has 0 radical (unpaired) electrons. The molecule has 18 heavy (non-hydrogen) atoms. The smallest absolute Gasteiger partial charge is 0.240 e. The topological polar surface area (TPSA) is 51.0 Å². The summed E-state index contributed by atoms with van der Waals surface area (Å²) in [6, 6.07) is 10.6. The summed E-state index contributed by atoms with van der Waals surface area (Å²) < 4.78 is 5.21. The van der Waals surface area contributed by atoms with Crippen LogP contribution in [-0.4, -0.2) is 16.2 Å². The molecule has 0 spiro atoms. The van der Waals surface area contributed by atoms with E-state index in [-0.39, 0.29) is 0 Å². The van der Waals surface area contributed by atoms with Crippen molar-refractivity contribution in [3.05, 3.63) is 47.6 Å². The van der Waals surface area contributed by atoms with Gasteiger partial charge < -0.3 is 9.84 Å². The van der Waals surface area contributed by atoms with Gasteiger partial charge in [-0.15, -0.1) is 0 Å². The molecule has 4 nitrogen and oxygen atoms in total. The Balaban J connectivity index is 1.90. The molecule has 0 aliphatic rings. The number of benzene rings is 1. The summed E-state index contributed by atoms with van der Waals surface area (Å²) in [4.78, 5) is 4.37. The monoisotopic (exact) mass is 245 g/mol. The minimum absolute atomic E-state index is 0.467. The van der Waals surface area contributed by atoms with E-state index in [0.717, 1.165) is 12.2 Å². The lowest BCUT2D eigenvalue weighted by atomic mass is 10.1. The third-order valence-corrected chi connectivity index (χ3v) is 2.93. The molecule has 0 bridgehead atoms. The second kappa shape index (κ2) is 6.31. The van der Waals surface area contributed by atoms with Gasteiger partial charge in [-0.05, 0) is 18.9 Å². The Hall–Kier alpha value is -1.68. The number of hydrogen-bond donors (Lipinski definition) is 1. The zero-order valence-corrected chi connectivity index (χ0v) is 10.9. The van der Waals surface area contributed by atoms with Gasteiger partial charge in [0.2, 0.25) is 5.89 Å². The Morgan fingerprint density at radius 1 is 1.28 bits per heavy atom. The molecule has 0 fully saturated rings. The van der Waals surface area contributed by atoms with Crippen LogP contribution in [0.4, 0.5) is 0 Å². The van der Waals surface area contributed by atoms with Crippen molar-refractivity contribution in [2.24, 2.45) is 0 Å². The van der Waals surface area contributed by atoms with E-state index in [1.54, 1.807) is 0 Å². The Morgan fingerprint density at radius 3 is 2.78 bits per heavy atom. The fourth-order valence-electron chi connectivity index (χ4n) is 1.62. The first kappa shape index (κ1) is 12.8. The van der Waals surface area contributed by atoms with Crippen LogP contribution in [0.2, 0.25) is 0 Å². The molecular weight excluding hydrogens is 226 g/mol. The van der Waals surface area contributed by atoms with E-state index in [1.807, 2.05) is 18.2 Å². The van der Waals surface area contributed by atoms with Crippen LogP contribution in [0.3, 0.4) is 0 Å². The highest BCUT2D eigenvalue weighted by Gasteiger charge is 2.07. The summed E-state index contributed by atoms with van der Waals surface area (Å²) in [5.41, 5.74) is 1.19. The highest BCUT2D eigenvalue weighted by atomic mass is 16.5. The zero-order chi connectivity index (χ0) is 12.8. The van der Waals surface area contributed by atoms with Crippen molar-refractivity contribution in [3.8, 4) is 0 Å². The molecule has 1 aromatic carbocycles. The van der Waals surface area contributed by atoms with Crippen LogP contribution < -0.4 is 5.32 Å². The van der Waals surface area contributed by atoms with Crippen molar-refractivity contribution < 1.29 is 4.52 Å². The lowest BCUT2D eigenvalue weighted by Gasteiger charge is -2.07. The van der Waals surface area contributed by atoms with E-state index in [9.17, 15) is 0 Å². The van der Waals surface area contributed by atoms with E-state index in [2.05, 4.69) is 41.4 Å². The molecule has 1 aromatic heterocycles. The molecule has 2 rings (SSSR count). The van der Waals surface area contributed by atoms with Crippen LogP contribution >= 0.6 is 0 Å². The Kier molecular flexibility index (Phi) is 4.47. The maximum absolute atomic E-state index is 5.21. The Bertz CT molecular complexity index is 467. The van der Waals surface area contributed by atoms with E-state index >= 15 is 0 Å². The molecule has 1 unspecified atom stereocenters. The molecule has 0 aliphatic heterocycles. The molecule has 1 heterocycles. The Morgan fingerprint density at radius 2 is 2.06 bits per heavy atom. The average molecular weight is 245 g/mol. The first-order valence-corrected chi connectivity index (χ1v) is 6.36. The molecule has 4 heteroatoms. The van der Waals surface area contributed by atoms with Crippen LogP contribution in [-0.2, 0) is 13.0 Å². The Labute approximate surface area is 107 Å². The van der Waals surface area contributed by atoms with Crippen molar-refractivity contribution in [1.29, 1.82) is 0 Å². The van der Waals surface area contributed by atoms with E-state index in [0.29, 0.717) is 24.9 Å². The quantitative estimate of drug-likeness (QED) is 0.849. The highest BCUT2D eigenvalue weighted by molar-refractivity contribution is 5.18. The number of hydrogen-bond acceptors (Lipinski definition) is 4. The van der Waals surface area contributed by atoms with Gasteiger partial charge in [0, 0.05) is 12.5 Å². The largest absolute Gasteiger partial charge is 0.338 e. The predicted octanol–water partition coefficient (Wildman–Crippen LogP) is 2.55. The molecule has 1 atom stereocenters. The molecular formula is C14H19N3O.